The van der Waals surface area contributed by atoms with Gasteiger partial charge in [0.15, 0.2) is 0 Å². The summed E-state index contributed by atoms with van der Waals surface area (Å²) in [6.45, 7) is 0. The summed E-state index contributed by atoms with van der Waals surface area (Å²) in [7, 11) is 0. The van der Waals surface area contributed by atoms with Crippen molar-refractivity contribution in [3.63, 3.8) is 0 Å². The Balaban J connectivity index is 3.33. The van der Waals surface area contributed by atoms with Crippen LogP contribution in [0.5, 0.6) is 11.5 Å². The monoisotopic (exact) mass is 234 g/mol. The molecule has 0 aliphatic heterocycles. The van der Waals surface area contributed by atoms with E-state index >= 15 is 0 Å². The van der Waals surface area contributed by atoms with Crippen LogP contribution in [-0.4, -0.2) is 32.6 Å². The second kappa shape index (κ2) is 2.86. The standard InChI is InChI=1S/C6H7AsO5/c8-4-1-2-6(9)5(3-4)7(10,11)12/h1-3,8-9H,(H2,10,11,12). The van der Waals surface area contributed by atoms with Crippen molar-refractivity contribution in [2.24, 2.45) is 0 Å². The Morgan fingerprint density at radius 3 is 2.17 bits per heavy atom. The molecule has 0 spiro atoms. The van der Waals surface area contributed by atoms with Crippen molar-refractivity contribution >= 4 is 18.5 Å². The molecular weight excluding hydrogens is 227 g/mol. The quantitative estimate of drug-likeness (QED) is 0.356. The predicted molar refractivity (Wildman–Crippen MR) is 40.3 cm³/mol. The van der Waals surface area contributed by atoms with Crippen LogP contribution in [0.4, 0.5) is 0 Å². The van der Waals surface area contributed by atoms with Gasteiger partial charge >= 0.3 is 70.4 Å². The summed E-state index contributed by atoms with van der Waals surface area (Å²) in [6, 6.07) is 3.03. The summed E-state index contributed by atoms with van der Waals surface area (Å²) in [4.78, 5) is 0. The van der Waals surface area contributed by atoms with Crippen LogP contribution < -0.4 is 4.35 Å². The normalized spacial score (nSPS) is 11.5. The van der Waals surface area contributed by atoms with Crippen LogP contribution in [0.15, 0.2) is 18.2 Å². The Labute approximate surface area is 70.9 Å². The molecule has 0 aromatic heterocycles. The molecular formula is C6H7AsO5. The summed E-state index contributed by atoms with van der Waals surface area (Å²) < 4.78 is 27.6. The summed E-state index contributed by atoms with van der Waals surface area (Å²) in [5, 5.41) is 17.8. The van der Waals surface area contributed by atoms with E-state index in [1.165, 1.54) is 0 Å². The number of hydrogen-bond acceptors (Lipinski definition) is 3. The second-order valence-electron chi connectivity index (χ2n) is 2.22. The van der Waals surface area contributed by atoms with Gasteiger partial charge in [-0.3, -0.25) is 0 Å². The molecule has 1 rings (SSSR count). The fourth-order valence-electron chi connectivity index (χ4n) is 0.745. The van der Waals surface area contributed by atoms with E-state index in [0.29, 0.717) is 0 Å². The molecule has 0 saturated heterocycles. The molecule has 0 fully saturated rings. The van der Waals surface area contributed by atoms with Crippen LogP contribution in [-0.2, 0) is 3.74 Å². The molecule has 12 heavy (non-hydrogen) atoms. The molecule has 66 valence electrons. The second-order valence-corrected chi connectivity index (χ2v) is 5.51. The zero-order valence-electron chi connectivity index (χ0n) is 5.88. The fraction of sp³-hybridized carbons (Fsp3) is 0. The number of benzene rings is 1. The van der Waals surface area contributed by atoms with Crippen molar-refractivity contribution < 1.29 is 22.1 Å². The van der Waals surface area contributed by atoms with E-state index in [4.69, 9.17) is 18.4 Å². The third-order valence-corrected chi connectivity index (χ3v) is 3.34. The summed E-state index contributed by atoms with van der Waals surface area (Å²) in [5.74, 6) is -0.784. The van der Waals surface area contributed by atoms with Gasteiger partial charge in [0.25, 0.3) is 0 Å². The van der Waals surface area contributed by atoms with E-state index in [1.807, 2.05) is 0 Å². The molecule has 0 radical (unpaired) electrons. The number of aromatic hydroxyl groups is 2. The van der Waals surface area contributed by atoms with Crippen LogP contribution >= 0.6 is 0 Å². The third kappa shape index (κ3) is 1.82. The molecule has 0 aliphatic rings. The molecule has 5 nitrogen and oxygen atoms in total. The molecule has 4 N–H and O–H groups in total. The van der Waals surface area contributed by atoms with Gasteiger partial charge in [-0.05, 0) is 0 Å². The molecule has 0 saturated carbocycles. The van der Waals surface area contributed by atoms with E-state index in [1.54, 1.807) is 0 Å². The van der Waals surface area contributed by atoms with Gasteiger partial charge in [-0.25, -0.2) is 0 Å². The number of hydrogen-bond donors (Lipinski definition) is 4. The topological polar surface area (TPSA) is 98.0 Å². The van der Waals surface area contributed by atoms with Crippen molar-refractivity contribution in [1.82, 2.24) is 0 Å². The molecule has 6 heteroatoms. The summed E-state index contributed by atoms with van der Waals surface area (Å²) in [5.41, 5.74) is 0. The third-order valence-electron chi connectivity index (χ3n) is 1.27. The molecule has 1 aromatic carbocycles. The SMILES string of the molecule is O=[As](O)(O)c1cc(O)ccc1O. The summed E-state index contributed by atoms with van der Waals surface area (Å²) in [6.07, 6.45) is 0. The Bertz CT molecular complexity index is 342. The van der Waals surface area contributed by atoms with Crippen LogP contribution in [0.2, 0.25) is 0 Å². The Hall–Kier alpha value is -0.902. The van der Waals surface area contributed by atoms with Gasteiger partial charge in [-0.15, -0.1) is 0 Å². The van der Waals surface area contributed by atoms with Crippen molar-refractivity contribution in [1.29, 1.82) is 0 Å². The average molecular weight is 234 g/mol. The van der Waals surface area contributed by atoms with Gasteiger partial charge in [0, 0.05) is 0 Å². The van der Waals surface area contributed by atoms with Crippen LogP contribution in [0.3, 0.4) is 0 Å². The predicted octanol–water partition coefficient (Wildman–Crippen LogP) is -1.34. The molecule has 1 aromatic rings. The van der Waals surface area contributed by atoms with E-state index in [0.717, 1.165) is 18.2 Å². The molecule has 0 bridgehead atoms. The number of phenolic OH excluding ortho intramolecular Hbond substituents is 2. The van der Waals surface area contributed by atoms with Crippen LogP contribution in [0.1, 0.15) is 0 Å². The molecule has 0 heterocycles. The summed E-state index contributed by atoms with van der Waals surface area (Å²) >= 11 is -5.10. The molecule has 0 atom stereocenters. The van der Waals surface area contributed by atoms with E-state index in [-0.39, 0.29) is 5.75 Å². The number of phenols is 2. The first-order valence-electron chi connectivity index (χ1n) is 2.99. The van der Waals surface area contributed by atoms with Crippen molar-refractivity contribution in [3.8, 4) is 11.5 Å². The Morgan fingerprint density at radius 1 is 1.17 bits per heavy atom. The maximum atomic E-state index is 10.7. The fourth-order valence-corrected chi connectivity index (χ4v) is 2.16. The Kier molecular flexibility index (Phi) is 2.19. The number of rotatable bonds is 1. The van der Waals surface area contributed by atoms with Crippen molar-refractivity contribution in [2.45, 2.75) is 0 Å². The molecule has 0 aliphatic carbocycles. The molecule has 0 unspecified atom stereocenters. The van der Waals surface area contributed by atoms with E-state index in [9.17, 15) is 3.74 Å². The van der Waals surface area contributed by atoms with Crippen molar-refractivity contribution in [3.05, 3.63) is 18.2 Å². The molecule has 0 amide bonds. The van der Waals surface area contributed by atoms with Gasteiger partial charge in [0.2, 0.25) is 0 Å². The first-order chi connectivity index (χ1) is 5.41. The van der Waals surface area contributed by atoms with Gasteiger partial charge in [0.1, 0.15) is 0 Å². The van der Waals surface area contributed by atoms with E-state index in [2.05, 4.69) is 0 Å². The average Bonchev–Trinajstić information content (AvgIpc) is 1.92. The van der Waals surface area contributed by atoms with Gasteiger partial charge in [-0.2, -0.15) is 0 Å². The van der Waals surface area contributed by atoms with Gasteiger partial charge in [0.05, 0.1) is 0 Å². The van der Waals surface area contributed by atoms with E-state index < -0.39 is 24.3 Å². The van der Waals surface area contributed by atoms with Crippen LogP contribution in [0.25, 0.3) is 0 Å². The van der Waals surface area contributed by atoms with Crippen LogP contribution in [0, 0.1) is 0 Å². The maximum absolute atomic E-state index is 10.7. The van der Waals surface area contributed by atoms with Gasteiger partial charge < -0.3 is 0 Å². The minimum atomic E-state index is -5.10. The first-order valence-corrected chi connectivity index (χ1v) is 6.37. The zero-order chi connectivity index (χ0) is 9.35. The minimum absolute atomic E-state index is 0.285. The Morgan fingerprint density at radius 2 is 1.75 bits per heavy atom. The first kappa shape index (κ1) is 9.19. The van der Waals surface area contributed by atoms with Gasteiger partial charge in [-0.1, -0.05) is 0 Å². The zero-order valence-corrected chi connectivity index (χ0v) is 7.75. The van der Waals surface area contributed by atoms with Crippen molar-refractivity contribution in [2.75, 3.05) is 0 Å².